The van der Waals surface area contributed by atoms with Gasteiger partial charge in [-0.05, 0) is 55.2 Å². The molecule has 0 saturated carbocycles. The number of benzene rings is 2. The molecule has 0 aliphatic rings. The van der Waals surface area contributed by atoms with Gasteiger partial charge in [-0.1, -0.05) is 49.7 Å². The first-order chi connectivity index (χ1) is 14.0. The zero-order chi connectivity index (χ0) is 21.2. The van der Waals surface area contributed by atoms with Crippen molar-refractivity contribution in [3.63, 3.8) is 0 Å². The summed E-state index contributed by atoms with van der Waals surface area (Å²) in [6.45, 7) is 7.02. The zero-order valence-corrected chi connectivity index (χ0v) is 18.9. The lowest BCUT2D eigenvalue weighted by Gasteiger charge is -2.31. The number of thioether (sulfide) groups is 1. The Labute approximate surface area is 183 Å². The molecule has 2 aromatic rings. The summed E-state index contributed by atoms with van der Waals surface area (Å²) in [7, 11) is 0. The summed E-state index contributed by atoms with van der Waals surface area (Å²) in [4.78, 5) is 28.6. The van der Waals surface area contributed by atoms with Gasteiger partial charge in [-0.25, -0.2) is 0 Å². The van der Waals surface area contributed by atoms with Crippen LogP contribution < -0.4 is 5.32 Å². The third-order valence-corrected chi connectivity index (χ3v) is 5.96. The second-order valence-electron chi connectivity index (χ2n) is 6.91. The Hall–Kier alpha value is -1.98. The van der Waals surface area contributed by atoms with Crippen molar-refractivity contribution in [1.82, 2.24) is 10.2 Å². The predicted molar refractivity (Wildman–Crippen MR) is 121 cm³/mol. The highest BCUT2D eigenvalue weighted by Gasteiger charge is 2.28. The number of amides is 2. The van der Waals surface area contributed by atoms with E-state index in [1.165, 1.54) is 11.8 Å². The minimum absolute atomic E-state index is 0.0494. The van der Waals surface area contributed by atoms with E-state index in [0.29, 0.717) is 24.5 Å². The third-order valence-electron chi connectivity index (χ3n) is 4.71. The average Bonchev–Trinajstić information content (AvgIpc) is 2.72. The zero-order valence-electron chi connectivity index (χ0n) is 17.3. The molecule has 0 heterocycles. The SMILES string of the molecule is CCCNC(=O)C(CC)N(Cc1ccccc1C)C(=O)CSc1ccc(Cl)cc1. The van der Waals surface area contributed by atoms with E-state index in [4.69, 9.17) is 11.6 Å². The molecule has 1 atom stereocenters. The van der Waals surface area contributed by atoms with E-state index in [-0.39, 0.29) is 17.6 Å². The number of carbonyl (C=O) groups is 2. The number of nitrogens with one attached hydrogen (secondary N) is 1. The molecule has 0 bridgehead atoms. The van der Waals surface area contributed by atoms with Gasteiger partial charge >= 0.3 is 0 Å². The van der Waals surface area contributed by atoms with Crippen molar-refractivity contribution in [2.45, 2.75) is 51.1 Å². The van der Waals surface area contributed by atoms with Crippen molar-refractivity contribution in [1.29, 1.82) is 0 Å². The first-order valence-electron chi connectivity index (χ1n) is 9.96. The summed E-state index contributed by atoms with van der Waals surface area (Å²) in [5.74, 6) is 0.130. The first-order valence-corrected chi connectivity index (χ1v) is 11.3. The molecule has 0 aliphatic heterocycles. The minimum atomic E-state index is -0.487. The molecule has 0 saturated heterocycles. The molecule has 156 valence electrons. The van der Waals surface area contributed by atoms with Crippen molar-refractivity contribution >= 4 is 35.2 Å². The summed E-state index contributed by atoms with van der Waals surface area (Å²) in [5.41, 5.74) is 2.17. The Morgan fingerprint density at radius 2 is 1.79 bits per heavy atom. The van der Waals surface area contributed by atoms with Gasteiger partial charge in [-0.2, -0.15) is 0 Å². The van der Waals surface area contributed by atoms with Gasteiger partial charge in [0.15, 0.2) is 0 Å². The highest BCUT2D eigenvalue weighted by molar-refractivity contribution is 8.00. The molecular formula is C23H29ClN2O2S. The fourth-order valence-electron chi connectivity index (χ4n) is 3.02. The second kappa shape index (κ2) is 11.9. The minimum Gasteiger partial charge on any atom is -0.354 e. The summed E-state index contributed by atoms with van der Waals surface area (Å²) in [5, 5.41) is 3.61. The maximum Gasteiger partial charge on any atom is 0.242 e. The number of hydrogen-bond donors (Lipinski definition) is 1. The van der Waals surface area contributed by atoms with Crippen LogP contribution in [-0.2, 0) is 16.1 Å². The van der Waals surface area contributed by atoms with Crippen molar-refractivity contribution in [2.24, 2.45) is 0 Å². The van der Waals surface area contributed by atoms with Gasteiger partial charge in [0.2, 0.25) is 11.8 Å². The molecule has 0 spiro atoms. The molecule has 0 aromatic heterocycles. The molecule has 2 rings (SSSR count). The van der Waals surface area contributed by atoms with Crippen molar-refractivity contribution in [3.05, 3.63) is 64.7 Å². The fraction of sp³-hybridized carbons (Fsp3) is 0.391. The van der Waals surface area contributed by atoms with Gasteiger partial charge < -0.3 is 10.2 Å². The van der Waals surface area contributed by atoms with Gasteiger partial charge in [0.05, 0.1) is 5.75 Å². The van der Waals surface area contributed by atoms with Crippen LogP contribution in [0.4, 0.5) is 0 Å². The van der Waals surface area contributed by atoms with Crippen molar-refractivity contribution < 1.29 is 9.59 Å². The lowest BCUT2D eigenvalue weighted by molar-refractivity contribution is -0.139. The number of rotatable bonds is 10. The number of aryl methyl sites for hydroxylation is 1. The molecule has 0 fully saturated rings. The molecule has 4 nitrogen and oxygen atoms in total. The largest absolute Gasteiger partial charge is 0.354 e. The predicted octanol–water partition coefficient (Wildman–Crippen LogP) is 5.07. The summed E-state index contributed by atoms with van der Waals surface area (Å²) in [6.07, 6.45) is 1.43. The lowest BCUT2D eigenvalue weighted by Crippen LogP contribution is -2.49. The number of halogens is 1. The third kappa shape index (κ3) is 7.09. The molecule has 1 unspecified atom stereocenters. The Morgan fingerprint density at radius 1 is 1.10 bits per heavy atom. The number of nitrogens with zero attached hydrogens (tertiary/aromatic N) is 1. The van der Waals surface area contributed by atoms with Gasteiger partial charge in [-0.3, -0.25) is 9.59 Å². The normalized spacial score (nSPS) is 11.7. The van der Waals surface area contributed by atoms with E-state index < -0.39 is 6.04 Å². The Bertz CT molecular complexity index is 811. The van der Waals surface area contributed by atoms with Crippen LogP contribution in [0.3, 0.4) is 0 Å². The Kier molecular flexibility index (Phi) is 9.55. The van der Waals surface area contributed by atoms with E-state index in [2.05, 4.69) is 5.32 Å². The van der Waals surface area contributed by atoms with E-state index in [1.54, 1.807) is 4.90 Å². The van der Waals surface area contributed by atoms with E-state index in [1.807, 2.05) is 69.3 Å². The standard InChI is InChI=1S/C23H29ClN2O2S/c1-4-14-25-23(28)21(5-2)26(15-18-9-7-6-8-17(18)3)22(27)16-29-20-12-10-19(24)11-13-20/h6-13,21H,4-5,14-16H2,1-3H3,(H,25,28). The van der Waals surface area contributed by atoms with Crippen LogP contribution in [0.2, 0.25) is 5.02 Å². The van der Waals surface area contributed by atoms with Crippen LogP contribution in [-0.4, -0.2) is 35.1 Å². The quantitative estimate of drug-likeness (QED) is 0.533. The van der Waals surface area contributed by atoms with Gasteiger partial charge in [0.25, 0.3) is 0 Å². The van der Waals surface area contributed by atoms with E-state index in [9.17, 15) is 9.59 Å². The van der Waals surface area contributed by atoms with Crippen molar-refractivity contribution in [3.8, 4) is 0 Å². The smallest absolute Gasteiger partial charge is 0.242 e. The number of carbonyl (C=O) groups excluding carboxylic acids is 2. The van der Waals surface area contributed by atoms with Crippen LogP contribution in [0.5, 0.6) is 0 Å². The molecule has 0 aliphatic carbocycles. The summed E-state index contributed by atoms with van der Waals surface area (Å²) < 4.78 is 0. The maximum atomic E-state index is 13.2. The van der Waals surface area contributed by atoms with E-state index >= 15 is 0 Å². The van der Waals surface area contributed by atoms with E-state index in [0.717, 1.165) is 22.4 Å². The molecule has 6 heteroatoms. The van der Waals surface area contributed by atoms with Gasteiger partial charge in [0, 0.05) is 23.0 Å². The highest BCUT2D eigenvalue weighted by atomic mass is 35.5. The molecule has 0 radical (unpaired) electrons. The van der Waals surface area contributed by atoms with Gasteiger partial charge in [0.1, 0.15) is 6.04 Å². The van der Waals surface area contributed by atoms with Crippen molar-refractivity contribution in [2.75, 3.05) is 12.3 Å². The number of hydrogen-bond acceptors (Lipinski definition) is 3. The molecule has 2 aromatic carbocycles. The van der Waals surface area contributed by atoms with Gasteiger partial charge in [-0.15, -0.1) is 11.8 Å². The molecular weight excluding hydrogens is 404 g/mol. The van der Waals surface area contributed by atoms with Crippen LogP contribution in [0.25, 0.3) is 0 Å². The molecule has 1 N–H and O–H groups in total. The Morgan fingerprint density at radius 3 is 2.41 bits per heavy atom. The maximum absolute atomic E-state index is 13.2. The molecule has 2 amide bonds. The Balaban J connectivity index is 2.19. The summed E-state index contributed by atoms with van der Waals surface area (Å²) in [6, 6.07) is 14.9. The van der Waals surface area contributed by atoms with Crippen LogP contribution in [0.15, 0.2) is 53.4 Å². The summed E-state index contributed by atoms with van der Waals surface area (Å²) >= 11 is 7.39. The topological polar surface area (TPSA) is 49.4 Å². The lowest BCUT2D eigenvalue weighted by atomic mass is 10.1. The second-order valence-corrected chi connectivity index (χ2v) is 8.39. The highest BCUT2D eigenvalue weighted by Crippen LogP contribution is 2.22. The fourth-order valence-corrected chi connectivity index (χ4v) is 3.93. The van der Waals surface area contributed by atoms with Crippen LogP contribution in [0, 0.1) is 6.92 Å². The monoisotopic (exact) mass is 432 g/mol. The first kappa shape index (κ1) is 23.3. The van der Waals surface area contributed by atoms with Crippen LogP contribution in [0.1, 0.15) is 37.8 Å². The molecule has 29 heavy (non-hydrogen) atoms. The van der Waals surface area contributed by atoms with Crippen LogP contribution >= 0.6 is 23.4 Å². The average molecular weight is 433 g/mol.